The number of pyridine rings is 1. The maximum Gasteiger partial charge on any atom is 0.275 e. The summed E-state index contributed by atoms with van der Waals surface area (Å²) in [5.41, 5.74) is 0.605. The molecule has 0 saturated carbocycles. The molecule has 0 aliphatic heterocycles. The quantitative estimate of drug-likeness (QED) is 0.880. The second-order valence-corrected chi connectivity index (χ2v) is 4.41. The van der Waals surface area contributed by atoms with Crippen molar-refractivity contribution in [3.63, 3.8) is 0 Å². The number of aromatic nitrogens is 1. The molecule has 0 atom stereocenters. The Morgan fingerprint density at radius 3 is 2.68 bits per heavy atom. The number of hydrogen-bond acceptors (Lipinski definition) is 3. The van der Waals surface area contributed by atoms with E-state index in [1.807, 2.05) is 0 Å². The highest BCUT2D eigenvalue weighted by Crippen LogP contribution is 2.25. The SMILES string of the molecule is COc1ccccc1NC(=O)c1nc(Cl)ccc1Cl. The summed E-state index contributed by atoms with van der Waals surface area (Å²) in [6.45, 7) is 0. The zero-order valence-corrected chi connectivity index (χ0v) is 11.5. The van der Waals surface area contributed by atoms with Gasteiger partial charge in [-0.3, -0.25) is 4.79 Å². The van der Waals surface area contributed by atoms with Crippen molar-refractivity contribution < 1.29 is 9.53 Å². The molecule has 0 bridgehead atoms. The number of amides is 1. The number of carbonyl (C=O) groups excluding carboxylic acids is 1. The first-order valence-corrected chi connectivity index (χ1v) is 6.14. The standard InChI is InChI=1S/C13H10Cl2N2O2/c1-19-10-5-3-2-4-9(10)16-13(18)12-8(14)6-7-11(15)17-12/h2-7H,1H3,(H,16,18). The van der Waals surface area contributed by atoms with Gasteiger partial charge in [-0.2, -0.15) is 0 Å². The average Bonchev–Trinajstić information content (AvgIpc) is 2.42. The highest BCUT2D eigenvalue weighted by atomic mass is 35.5. The molecule has 0 aliphatic carbocycles. The molecule has 98 valence electrons. The van der Waals surface area contributed by atoms with Gasteiger partial charge in [-0.15, -0.1) is 0 Å². The minimum absolute atomic E-state index is 0.0695. The molecule has 0 aliphatic rings. The van der Waals surface area contributed by atoms with Crippen molar-refractivity contribution in [1.82, 2.24) is 4.98 Å². The van der Waals surface area contributed by atoms with E-state index in [1.54, 1.807) is 24.3 Å². The number of rotatable bonds is 3. The summed E-state index contributed by atoms with van der Waals surface area (Å²) in [5.74, 6) is 0.103. The van der Waals surface area contributed by atoms with Gasteiger partial charge in [-0.25, -0.2) is 4.98 Å². The van der Waals surface area contributed by atoms with Crippen LogP contribution in [-0.4, -0.2) is 18.0 Å². The van der Waals surface area contributed by atoms with E-state index in [0.717, 1.165) is 0 Å². The Morgan fingerprint density at radius 2 is 1.95 bits per heavy atom. The number of para-hydroxylation sites is 2. The molecular weight excluding hydrogens is 287 g/mol. The predicted octanol–water partition coefficient (Wildman–Crippen LogP) is 3.65. The van der Waals surface area contributed by atoms with Gasteiger partial charge in [0.25, 0.3) is 5.91 Å². The van der Waals surface area contributed by atoms with Crippen molar-refractivity contribution in [2.75, 3.05) is 12.4 Å². The molecule has 4 nitrogen and oxygen atoms in total. The second kappa shape index (κ2) is 5.91. The van der Waals surface area contributed by atoms with Crippen LogP contribution >= 0.6 is 23.2 Å². The van der Waals surface area contributed by atoms with Crippen LogP contribution in [0.4, 0.5) is 5.69 Å². The number of methoxy groups -OCH3 is 1. The van der Waals surface area contributed by atoms with E-state index in [1.165, 1.54) is 19.2 Å². The van der Waals surface area contributed by atoms with Gasteiger partial charge in [0.05, 0.1) is 17.8 Å². The van der Waals surface area contributed by atoms with Gasteiger partial charge in [0.2, 0.25) is 0 Å². The number of carbonyl (C=O) groups is 1. The lowest BCUT2D eigenvalue weighted by Gasteiger charge is -2.10. The van der Waals surface area contributed by atoms with Crippen LogP contribution in [0, 0.1) is 0 Å². The first-order chi connectivity index (χ1) is 9.11. The van der Waals surface area contributed by atoms with Crippen molar-refractivity contribution in [3.8, 4) is 5.75 Å². The Labute approximate surface area is 120 Å². The van der Waals surface area contributed by atoms with E-state index in [2.05, 4.69) is 10.3 Å². The number of benzene rings is 1. The summed E-state index contributed by atoms with van der Waals surface area (Å²) in [5, 5.41) is 3.11. The molecule has 2 rings (SSSR count). The zero-order chi connectivity index (χ0) is 13.8. The van der Waals surface area contributed by atoms with Crippen LogP contribution < -0.4 is 10.1 Å². The summed E-state index contributed by atoms with van der Waals surface area (Å²) in [6, 6.07) is 10.1. The molecule has 1 aromatic carbocycles. The second-order valence-electron chi connectivity index (χ2n) is 3.62. The summed E-state index contributed by atoms with van der Waals surface area (Å²) in [4.78, 5) is 16.0. The van der Waals surface area contributed by atoms with E-state index in [4.69, 9.17) is 27.9 Å². The zero-order valence-electron chi connectivity index (χ0n) is 9.98. The fourth-order valence-electron chi connectivity index (χ4n) is 1.51. The van der Waals surface area contributed by atoms with Crippen LogP contribution in [0.1, 0.15) is 10.5 Å². The molecule has 0 saturated heterocycles. The van der Waals surface area contributed by atoms with Crippen LogP contribution in [0.3, 0.4) is 0 Å². The lowest BCUT2D eigenvalue weighted by Crippen LogP contribution is -2.15. The fourth-order valence-corrected chi connectivity index (χ4v) is 1.85. The topological polar surface area (TPSA) is 51.2 Å². The van der Waals surface area contributed by atoms with Crippen LogP contribution in [-0.2, 0) is 0 Å². The summed E-state index contributed by atoms with van der Waals surface area (Å²) in [7, 11) is 1.52. The molecule has 0 spiro atoms. The van der Waals surface area contributed by atoms with Crippen molar-refractivity contribution >= 4 is 34.8 Å². The minimum Gasteiger partial charge on any atom is -0.495 e. The van der Waals surface area contributed by atoms with E-state index in [-0.39, 0.29) is 15.9 Å². The maximum atomic E-state index is 12.1. The molecule has 6 heteroatoms. The largest absolute Gasteiger partial charge is 0.495 e. The van der Waals surface area contributed by atoms with Crippen LogP contribution in [0.15, 0.2) is 36.4 Å². The Hall–Kier alpha value is -1.78. The van der Waals surface area contributed by atoms with Gasteiger partial charge in [-0.05, 0) is 24.3 Å². The van der Waals surface area contributed by atoms with Gasteiger partial charge >= 0.3 is 0 Å². The Balaban J connectivity index is 2.28. The highest BCUT2D eigenvalue weighted by Gasteiger charge is 2.14. The first-order valence-electron chi connectivity index (χ1n) is 5.38. The van der Waals surface area contributed by atoms with Crippen molar-refractivity contribution in [3.05, 3.63) is 52.3 Å². The molecular formula is C13H10Cl2N2O2. The lowest BCUT2D eigenvalue weighted by atomic mass is 10.2. The van der Waals surface area contributed by atoms with E-state index in [0.29, 0.717) is 11.4 Å². The van der Waals surface area contributed by atoms with Gasteiger partial charge in [-0.1, -0.05) is 35.3 Å². The third-order valence-corrected chi connectivity index (χ3v) is 2.90. The monoisotopic (exact) mass is 296 g/mol. The smallest absolute Gasteiger partial charge is 0.275 e. The number of hydrogen-bond donors (Lipinski definition) is 1. The Morgan fingerprint density at radius 1 is 1.21 bits per heavy atom. The molecule has 1 N–H and O–H groups in total. The average molecular weight is 297 g/mol. The number of ether oxygens (including phenoxy) is 1. The summed E-state index contributed by atoms with van der Waals surface area (Å²) in [6.07, 6.45) is 0. The number of nitrogens with one attached hydrogen (secondary N) is 1. The van der Waals surface area contributed by atoms with Crippen LogP contribution in [0.5, 0.6) is 5.75 Å². The van der Waals surface area contributed by atoms with E-state index >= 15 is 0 Å². The lowest BCUT2D eigenvalue weighted by molar-refractivity contribution is 0.102. The van der Waals surface area contributed by atoms with Crippen molar-refractivity contribution in [1.29, 1.82) is 0 Å². The maximum absolute atomic E-state index is 12.1. The predicted molar refractivity (Wildman–Crippen MR) is 75.2 cm³/mol. The van der Waals surface area contributed by atoms with Gasteiger partial charge < -0.3 is 10.1 Å². The van der Waals surface area contributed by atoms with Gasteiger partial charge in [0, 0.05) is 0 Å². The molecule has 0 radical (unpaired) electrons. The summed E-state index contributed by atoms with van der Waals surface area (Å²) < 4.78 is 5.14. The van der Waals surface area contributed by atoms with E-state index in [9.17, 15) is 4.79 Å². The minimum atomic E-state index is -0.447. The van der Waals surface area contributed by atoms with Crippen LogP contribution in [0.2, 0.25) is 10.2 Å². The number of halogens is 2. The number of anilines is 1. The third kappa shape index (κ3) is 3.16. The molecule has 2 aromatic rings. The van der Waals surface area contributed by atoms with Crippen molar-refractivity contribution in [2.45, 2.75) is 0 Å². The molecule has 1 amide bonds. The van der Waals surface area contributed by atoms with Gasteiger partial charge in [0.1, 0.15) is 16.6 Å². The molecule has 1 heterocycles. The molecule has 0 fully saturated rings. The fraction of sp³-hybridized carbons (Fsp3) is 0.0769. The first kappa shape index (κ1) is 13.6. The Kier molecular flexibility index (Phi) is 4.24. The molecule has 19 heavy (non-hydrogen) atoms. The van der Waals surface area contributed by atoms with Gasteiger partial charge in [0.15, 0.2) is 0 Å². The third-order valence-electron chi connectivity index (χ3n) is 2.38. The van der Waals surface area contributed by atoms with E-state index < -0.39 is 5.91 Å². The number of nitrogens with zero attached hydrogens (tertiary/aromatic N) is 1. The normalized spacial score (nSPS) is 10.1. The Bertz CT molecular complexity index is 617. The van der Waals surface area contributed by atoms with Crippen molar-refractivity contribution in [2.24, 2.45) is 0 Å². The summed E-state index contributed by atoms with van der Waals surface area (Å²) >= 11 is 11.7. The van der Waals surface area contributed by atoms with Crippen LogP contribution in [0.25, 0.3) is 0 Å². The highest BCUT2D eigenvalue weighted by molar-refractivity contribution is 6.35. The molecule has 0 unspecified atom stereocenters. The molecule has 1 aromatic heterocycles.